The highest BCUT2D eigenvalue weighted by atomic mass is 16.4. The fourth-order valence-electron chi connectivity index (χ4n) is 2.44. The summed E-state index contributed by atoms with van der Waals surface area (Å²) in [4.78, 5) is 2.53. The molecule has 2 unspecified atom stereocenters. The molecule has 1 rings (SSSR count). The van der Waals surface area contributed by atoms with Crippen molar-refractivity contribution >= 4 is 5.71 Å². The Bertz CT molecular complexity index is 216. The van der Waals surface area contributed by atoms with Crippen LogP contribution in [0.25, 0.3) is 0 Å². The monoisotopic (exact) mass is 212 g/mol. The van der Waals surface area contributed by atoms with E-state index in [2.05, 4.69) is 30.8 Å². The molecule has 1 saturated heterocycles. The Kier molecular flexibility index (Phi) is 5.09. The number of hydrogen-bond acceptors (Lipinski definition) is 3. The number of piperidine rings is 1. The molecule has 0 aromatic carbocycles. The van der Waals surface area contributed by atoms with Crippen LogP contribution in [0.4, 0.5) is 0 Å². The summed E-state index contributed by atoms with van der Waals surface area (Å²) in [6, 6.07) is 0.671. The largest absolute Gasteiger partial charge is 0.411 e. The first kappa shape index (κ1) is 12.5. The molecule has 0 spiro atoms. The Morgan fingerprint density at radius 3 is 2.80 bits per heavy atom. The Balaban J connectivity index is 2.52. The van der Waals surface area contributed by atoms with Crippen LogP contribution in [0.3, 0.4) is 0 Å². The molecule has 0 saturated carbocycles. The standard InChI is InChI=1S/C12H24N2O/c1-4-6-10(3)14-8-7-12(13-15)11(5-2)9-14/h10-11,15H,4-9H2,1-3H3. The lowest BCUT2D eigenvalue weighted by atomic mass is 9.92. The minimum absolute atomic E-state index is 0.461. The van der Waals surface area contributed by atoms with Gasteiger partial charge in [0, 0.05) is 31.5 Å². The van der Waals surface area contributed by atoms with Gasteiger partial charge in [-0.25, -0.2) is 0 Å². The molecule has 1 fully saturated rings. The number of likely N-dealkylation sites (tertiary alicyclic amines) is 1. The molecule has 1 aliphatic heterocycles. The molecule has 1 heterocycles. The quantitative estimate of drug-likeness (QED) is 0.574. The molecule has 0 radical (unpaired) electrons. The van der Waals surface area contributed by atoms with Crippen LogP contribution in [0.1, 0.15) is 46.5 Å². The summed E-state index contributed by atoms with van der Waals surface area (Å²) in [6.07, 6.45) is 4.52. The van der Waals surface area contributed by atoms with Crippen LogP contribution < -0.4 is 0 Å². The van der Waals surface area contributed by atoms with Gasteiger partial charge in [-0.1, -0.05) is 25.4 Å². The second kappa shape index (κ2) is 6.11. The van der Waals surface area contributed by atoms with Crippen LogP contribution in [0.5, 0.6) is 0 Å². The number of rotatable bonds is 4. The summed E-state index contributed by atoms with van der Waals surface area (Å²) in [5.74, 6) is 0.461. The number of oxime groups is 1. The van der Waals surface area contributed by atoms with Gasteiger partial charge in [0.2, 0.25) is 0 Å². The lowest BCUT2D eigenvalue weighted by Gasteiger charge is -2.36. The van der Waals surface area contributed by atoms with Crippen LogP contribution in [0.15, 0.2) is 5.16 Å². The molecule has 0 amide bonds. The second-order valence-corrected chi connectivity index (χ2v) is 4.58. The van der Waals surface area contributed by atoms with Crippen molar-refractivity contribution in [2.45, 2.75) is 52.5 Å². The third kappa shape index (κ3) is 3.20. The van der Waals surface area contributed by atoms with Gasteiger partial charge in [-0.2, -0.15) is 0 Å². The first-order chi connectivity index (χ1) is 7.22. The molecule has 0 bridgehead atoms. The molecule has 0 aliphatic carbocycles. The maximum Gasteiger partial charge on any atom is 0.0627 e. The van der Waals surface area contributed by atoms with E-state index in [1.54, 1.807) is 0 Å². The second-order valence-electron chi connectivity index (χ2n) is 4.58. The van der Waals surface area contributed by atoms with E-state index >= 15 is 0 Å². The molecular formula is C12H24N2O. The number of hydrogen-bond donors (Lipinski definition) is 1. The van der Waals surface area contributed by atoms with Crippen molar-refractivity contribution < 1.29 is 5.21 Å². The van der Waals surface area contributed by atoms with Gasteiger partial charge >= 0.3 is 0 Å². The summed E-state index contributed by atoms with van der Waals surface area (Å²) in [5.41, 5.74) is 0.998. The highest BCUT2D eigenvalue weighted by Gasteiger charge is 2.26. The molecule has 0 aromatic rings. The van der Waals surface area contributed by atoms with Crippen molar-refractivity contribution in [1.29, 1.82) is 0 Å². The lowest BCUT2D eigenvalue weighted by Crippen LogP contribution is -2.45. The summed E-state index contributed by atoms with van der Waals surface area (Å²) >= 11 is 0. The molecular weight excluding hydrogens is 188 g/mol. The average Bonchev–Trinajstić information content (AvgIpc) is 2.28. The zero-order valence-electron chi connectivity index (χ0n) is 10.2. The minimum atomic E-state index is 0.461. The molecule has 2 atom stereocenters. The maximum atomic E-state index is 8.89. The van der Waals surface area contributed by atoms with Gasteiger partial charge < -0.3 is 5.21 Å². The predicted molar refractivity (Wildman–Crippen MR) is 63.6 cm³/mol. The van der Waals surface area contributed by atoms with Gasteiger partial charge in [0.1, 0.15) is 0 Å². The van der Waals surface area contributed by atoms with Gasteiger partial charge in [0.25, 0.3) is 0 Å². The zero-order chi connectivity index (χ0) is 11.3. The van der Waals surface area contributed by atoms with Crippen molar-refractivity contribution in [3.8, 4) is 0 Å². The van der Waals surface area contributed by atoms with Gasteiger partial charge in [0.15, 0.2) is 0 Å². The van der Waals surface area contributed by atoms with E-state index in [1.807, 2.05) is 0 Å². The van der Waals surface area contributed by atoms with E-state index in [-0.39, 0.29) is 0 Å². The van der Waals surface area contributed by atoms with Gasteiger partial charge in [-0.05, 0) is 19.8 Å². The van der Waals surface area contributed by atoms with Gasteiger partial charge in [0.05, 0.1) is 5.71 Å². The van der Waals surface area contributed by atoms with Crippen LogP contribution in [-0.4, -0.2) is 35.0 Å². The van der Waals surface area contributed by atoms with Gasteiger partial charge in [-0.15, -0.1) is 0 Å². The Morgan fingerprint density at radius 2 is 2.27 bits per heavy atom. The Labute approximate surface area is 93.2 Å². The van der Waals surface area contributed by atoms with Crippen molar-refractivity contribution in [3.05, 3.63) is 0 Å². The maximum absolute atomic E-state index is 8.89. The van der Waals surface area contributed by atoms with Crippen molar-refractivity contribution in [2.75, 3.05) is 13.1 Å². The van der Waals surface area contributed by atoms with Crippen molar-refractivity contribution in [1.82, 2.24) is 4.90 Å². The molecule has 1 aliphatic rings. The van der Waals surface area contributed by atoms with Crippen molar-refractivity contribution in [2.24, 2.45) is 11.1 Å². The molecule has 3 nitrogen and oxygen atoms in total. The highest BCUT2D eigenvalue weighted by molar-refractivity contribution is 5.87. The van der Waals surface area contributed by atoms with E-state index in [4.69, 9.17) is 5.21 Å². The molecule has 3 heteroatoms. The Hall–Kier alpha value is -0.570. The lowest BCUT2D eigenvalue weighted by molar-refractivity contribution is 0.168. The third-order valence-electron chi connectivity index (χ3n) is 3.53. The van der Waals surface area contributed by atoms with E-state index in [9.17, 15) is 0 Å². The van der Waals surface area contributed by atoms with Gasteiger partial charge in [-0.3, -0.25) is 4.90 Å². The fraction of sp³-hybridized carbons (Fsp3) is 0.917. The average molecular weight is 212 g/mol. The third-order valence-corrected chi connectivity index (χ3v) is 3.53. The van der Waals surface area contributed by atoms with E-state index in [0.29, 0.717) is 12.0 Å². The zero-order valence-corrected chi connectivity index (χ0v) is 10.2. The van der Waals surface area contributed by atoms with E-state index in [1.165, 1.54) is 12.8 Å². The van der Waals surface area contributed by atoms with E-state index in [0.717, 1.165) is 31.6 Å². The molecule has 88 valence electrons. The first-order valence-electron chi connectivity index (χ1n) is 6.17. The topological polar surface area (TPSA) is 35.8 Å². The minimum Gasteiger partial charge on any atom is -0.411 e. The van der Waals surface area contributed by atoms with Crippen LogP contribution >= 0.6 is 0 Å². The predicted octanol–water partition coefficient (Wildman–Crippen LogP) is 2.74. The summed E-state index contributed by atoms with van der Waals surface area (Å²) in [5, 5.41) is 12.3. The summed E-state index contributed by atoms with van der Waals surface area (Å²) < 4.78 is 0. The van der Waals surface area contributed by atoms with E-state index < -0.39 is 0 Å². The summed E-state index contributed by atoms with van der Waals surface area (Å²) in [7, 11) is 0. The highest BCUT2D eigenvalue weighted by Crippen LogP contribution is 2.20. The van der Waals surface area contributed by atoms with Crippen LogP contribution in [0, 0.1) is 5.92 Å². The smallest absolute Gasteiger partial charge is 0.0627 e. The molecule has 1 N–H and O–H groups in total. The van der Waals surface area contributed by atoms with Crippen LogP contribution in [-0.2, 0) is 0 Å². The Morgan fingerprint density at radius 1 is 1.53 bits per heavy atom. The normalized spacial score (nSPS) is 28.2. The SMILES string of the molecule is CCCC(C)N1CCC(=NO)C(CC)C1. The molecule has 15 heavy (non-hydrogen) atoms. The van der Waals surface area contributed by atoms with Crippen LogP contribution in [0.2, 0.25) is 0 Å². The van der Waals surface area contributed by atoms with Crippen molar-refractivity contribution in [3.63, 3.8) is 0 Å². The summed E-state index contributed by atoms with van der Waals surface area (Å²) in [6.45, 7) is 8.83. The molecule has 0 aromatic heterocycles. The number of nitrogens with zero attached hydrogens (tertiary/aromatic N) is 2. The fourth-order valence-corrected chi connectivity index (χ4v) is 2.44. The first-order valence-corrected chi connectivity index (χ1v) is 6.17.